The first-order chi connectivity index (χ1) is 8.67. The van der Waals surface area contributed by atoms with Crippen LogP contribution < -0.4 is 5.73 Å². The zero-order valence-corrected chi connectivity index (χ0v) is 12.4. The van der Waals surface area contributed by atoms with Gasteiger partial charge < -0.3 is 15.5 Å². The van der Waals surface area contributed by atoms with Crippen molar-refractivity contribution in [2.45, 2.75) is 40.0 Å². The van der Waals surface area contributed by atoms with Gasteiger partial charge in [-0.05, 0) is 38.3 Å². The largest absolute Gasteiger partial charge is 0.370 e. The summed E-state index contributed by atoms with van der Waals surface area (Å²) in [5.74, 6) is 1.49. The highest BCUT2D eigenvalue weighted by molar-refractivity contribution is 5.78. The predicted molar refractivity (Wildman–Crippen MR) is 78.9 cm³/mol. The number of likely N-dealkylation sites (tertiary alicyclic amines) is 1. The molecule has 4 nitrogen and oxygen atoms in total. The van der Waals surface area contributed by atoms with Gasteiger partial charge in [0.05, 0.1) is 6.54 Å². The predicted octanol–water partition coefficient (Wildman–Crippen LogP) is 1.76. The Balaban J connectivity index is 2.31. The van der Waals surface area contributed by atoms with Crippen molar-refractivity contribution >= 4 is 5.96 Å². The Morgan fingerprint density at radius 2 is 2.17 bits per heavy atom. The number of hydrogen-bond donors (Lipinski definition) is 1. The maximum Gasteiger partial charge on any atom is 0.191 e. The molecule has 1 aliphatic rings. The smallest absolute Gasteiger partial charge is 0.191 e. The van der Waals surface area contributed by atoms with Crippen molar-refractivity contribution in [1.82, 2.24) is 9.80 Å². The number of piperidine rings is 1. The SMILES string of the molecule is CCCN(CC)CCN=C(N)N1CCCC(C)C1. The number of guanidine groups is 1. The molecule has 1 rings (SSSR count). The van der Waals surface area contributed by atoms with Gasteiger partial charge in [-0.1, -0.05) is 20.8 Å². The van der Waals surface area contributed by atoms with Gasteiger partial charge in [-0.3, -0.25) is 4.99 Å². The van der Waals surface area contributed by atoms with E-state index in [1.165, 1.54) is 19.3 Å². The molecular weight excluding hydrogens is 224 g/mol. The van der Waals surface area contributed by atoms with Crippen LogP contribution in [0.2, 0.25) is 0 Å². The van der Waals surface area contributed by atoms with Crippen molar-refractivity contribution in [1.29, 1.82) is 0 Å². The fraction of sp³-hybridized carbons (Fsp3) is 0.929. The van der Waals surface area contributed by atoms with Crippen LogP contribution in [0.1, 0.15) is 40.0 Å². The van der Waals surface area contributed by atoms with E-state index >= 15 is 0 Å². The summed E-state index contributed by atoms with van der Waals surface area (Å²) in [7, 11) is 0. The molecule has 0 aliphatic carbocycles. The average molecular weight is 254 g/mol. The number of aliphatic imine (C=N–C) groups is 1. The van der Waals surface area contributed by atoms with E-state index in [1.54, 1.807) is 0 Å². The normalized spacial score (nSPS) is 21.7. The van der Waals surface area contributed by atoms with Crippen LogP contribution in [0.5, 0.6) is 0 Å². The molecule has 0 aromatic heterocycles. The molecule has 0 amide bonds. The summed E-state index contributed by atoms with van der Waals surface area (Å²) in [6, 6.07) is 0. The number of hydrogen-bond acceptors (Lipinski definition) is 2. The molecule has 1 aliphatic heterocycles. The van der Waals surface area contributed by atoms with E-state index in [0.29, 0.717) is 0 Å². The van der Waals surface area contributed by atoms with Crippen LogP contribution in [0.15, 0.2) is 4.99 Å². The van der Waals surface area contributed by atoms with Crippen molar-refractivity contribution in [3.05, 3.63) is 0 Å². The highest BCUT2D eigenvalue weighted by Gasteiger charge is 2.17. The monoisotopic (exact) mass is 254 g/mol. The molecule has 4 heteroatoms. The fourth-order valence-electron chi connectivity index (χ4n) is 2.55. The summed E-state index contributed by atoms with van der Waals surface area (Å²) < 4.78 is 0. The maximum atomic E-state index is 6.07. The second-order valence-corrected chi connectivity index (χ2v) is 5.37. The molecule has 1 unspecified atom stereocenters. The van der Waals surface area contributed by atoms with Crippen molar-refractivity contribution in [3.8, 4) is 0 Å². The number of nitrogens with zero attached hydrogens (tertiary/aromatic N) is 3. The minimum absolute atomic E-state index is 0.745. The summed E-state index contributed by atoms with van der Waals surface area (Å²) in [6.45, 7) is 13.0. The first-order valence-corrected chi connectivity index (χ1v) is 7.44. The van der Waals surface area contributed by atoms with E-state index in [4.69, 9.17) is 5.73 Å². The van der Waals surface area contributed by atoms with Gasteiger partial charge >= 0.3 is 0 Å². The van der Waals surface area contributed by atoms with Crippen LogP contribution in [0.4, 0.5) is 0 Å². The fourth-order valence-corrected chi connectivity index (χ4v) is 2.55. The van der Waals surface area contributed by atoms with E-state index in [2.05, 4.69) is 35.6 Å². The molecule has 1 fully saturated rings. The Kier molecular flexibility index (Phi) is 7.09. The molecule has 1 atom stereocenters. The summed E-state index contributed by atoms with van der Waals surface area (Å²) in [5, 5.41) is 0. The van der Waals surface area contributed by atoms with Crippen LogP contribution >= 0.6 is 0 Å². The van der Waals surface area contributed by atoms with Crippen molar-refractivity contribution < 1.29 is 0 Å². The zero-order valence-electron chi connectivity index (χ0n) is 12.4. The highest BCUT2D eigenvalue weighted by atomic mass is 15.3. The minimum Gasteiger partial charge on any atom is -0.370 e. The quantitative estimate of drug-likeness (QED) is 0.580. The lowest BCUT2D eigenvalue weighted by Crippen LogP contribution is -2.43. The maximum absolute atomic E-state index is 6.07. The Hall–Kier alpha value is -0.770. The molecule has 0 aromatic carbocycles. The van der Waals surface area contributed by atoms with Gasteiger partial charge in [0.2, 0.25) is 0 Å². The molecule has 0 spiro atoms. The standard InChI is InChI=1S/C14H30N4/c1-4-9-17(5-2)11-8-16-14(15)18-10-6-7-13(3)12-18/h13H,4-12H2,1-3H3,(H2,15,16). The Morgan fingerprint density at radius 3 is 2.78 bits per heavy atom. The highest BCUT2D eigenvalue weighted by Crippen LogP contribution is 2.14. The molecule has 0 radical (unpaired) electrons. The minimum atomic E-state index is 0.745. The molecule has 2 N–H and O–H groups in total. The van der Waals surface area contributed by atoms with E-state index in [0.717, 1.165) is 51.1 Å². The number of nitrogens with two attached hydrogens (primary N) is 1. The molecule has 0 bridgehead atoms. The molecule has 0 aromatic rings. The molecule has 106 valence electrons. The number of rotatable bonds is 6. The van der Waals surface area contributed by atoms with Crippen molar-refractivity contribution in [3.63, 3.8) is 0 Å². The summed E-state index contributed by atoms with van der Waals surface area (Å²) >= 11 is 0. The Morgan fingerprint density at radius 1 is 1.39 bits per heavy atom. The summed E-state index contributed by atoms with van der Waals surface area (Å²) in [4.78, 5) is 9.20. The third-order valence-electron chi connectivity index (χ3n) is 3.66. The zero-order chi connectivity index (χ0) is 13.4. The van der Waals surface area contributed by atoms with Crippen LogP contribution in [0.3, 0.4) is 0 Å². The van der Waals surface area contributed by atoms with E-state index < -0.39 is 0 Å². The van der Waals surface area contributed by atoms with Crippen LogP contribution in [-0.2, 0) is 0 Å². The van der Waals surface area contributed by atoms with Gasteiger partial charge in [-0.15, -0.1) is 0 Å². The topological polar surface area (TPSA) is 44.9 Å². The molecule has 1 heterocycles. The van der Waals surface area contributed by atoms with Gasteiger partial charge in [-0.2, -0.15) is 0 Å². The lowest BCUT2D eigenvalue weighted by Gasteiger charge is -2.31. The van der Waals surface area contributed by atoms with E-state index in [-0.39, 0.29) is 0 Å². The van der Waals surface area contributed by atoms with Gasteiger partial charge in [0, 0.05) is 19.6 Å². The summed E-state index contributed by atoms with van der Waals surface area (Å²) in [6.07, 6.45) is 3.77. The van der Waals surface area contributed by atoms with Crippen LogP contribution in [-0.4, -0.2) is 55.0 Å². The Bertz CT molecular complexity index is 252. The van der Waals surface area contributed by atoms with Crippen molar-refractivity contribution in [2.75, 3.05) is 39.3 Å². The molecule has 1 saturated heterocycles. The number of likely N-dealkylation sites (N-methyl/N-ethyl adjacent to an activating group) is 1. The lowest BCUT2D eigenvalue weighted by molar-refractivity contribution is 0.268. The van der Waals surface area contributed by atoms with Gasteiger partial charge in [0.25, 0.3) is 0 Å². The van der Waals surface area contributed by atoms with E-state index in [1.807, 2.05) is 0 Å². The van der Waals surface area contributed by atoms with E-state index in [9.17, 15) is 0 Å². The second-order valence-electron chi connectivity index (χ2n) is 5.37. The first kappa shape index (κ1) is 15.3. The average Bonchev–Trinajstić information content (AvgIpc) is 2.37. The van der Waals surface area contributed by atoms with Crippen LogP contribution in [0.25, 0.3) is 0 Å². The lowest BCUT2D eigenvalue weighted by atomic mass is 10.0. The molecule has 0 saturated carbocycles. The third kappa shape index (κ3) is 5.25. The third-order valence-corrected chi connectivity index (χ3v) is 3.66. The molecular formula is C14H30N4. The van der Waals surface area contributed by atoms with Crippen LogP contribution in [0, 0.1) is 5.92 Å². The van der Waals surface area contributed by atoms with Gasteiger partial charge in [-0.25, -0.2) is 0 Å². The Labute approximate surface area is 112 Å². The second kappa shape index (κ2) is 8.35. The molecule has 18 heavy (non-hydrogen) atoms. The van der Waals surface area contributed by atoms with Gasteiger partial charge in [0.15, 0.2) is 5.96 Å². The summed E-state index contributed by atoms with van der Waals surface area (Å²) in [5.41, 5.74) is 6.07. The van der Waals surface area contributed by atoms with Crippen molar-refractivity contribution in [2.24, 2.45) is 16.6 Å². The first-order valence-electron chi connectivity index (χ1n) is 7.44. The van der Waals surface area contributed by atoms with Gasteiger partial charge in [0.1, 0.15) is 0 Å².